The van der Waals surface area contributed by atoms with Crippen molar-refractivity contribution in [2.45, 2.75) is 25.8 Å². The number of amides is 1. The van der Waals surface area contributed by atoms with E-state index in [1.54, 1.807) is 19.2 Å². The molecule has 0 bridgehead atoms. The van der Waals surface area contributed by atoms with Gasteiger partial charge in [0.15, 0.2) is 11.5 Å². The van der Waals surface area contributed by atoms with E-state index in [0.29, 0.717) is 36.4 Å². The average molecular weight is 452 g/mol. The molecule has 7 nitrogen and oxygen atoms in total. The van der Waals surface area contributed by atoms with Gasteiger partial charge in [0.25, 0.3) is 5.91 Å². The number of ether oxygens (including phenoxy) is 1. The Bertz CT molecular complexity index is 1100. The van der Waals surface area contributed by atoms with Crippen molar-refractivity contribution in [2.75, 3.05) is 33.4 Å². The zero-order chi connectivity index (χ0) is 23.6. The van der Waals surface area contributed by atoms with Crippen LogP contribution in [0.25, 0.3) is 11.1 Å². The molecule has 1 aromatic heterocycles. The summed E-state index contributed by atoms with van der Waals surface area (Å²) in [6, 6.07) is 10.7. The molecule has 1 amide bonds. The van der Waals surface area contributed by atoms with Gasteiger partial charge in [-0.15, -0.1) is 0 Å². The van der Waals surface area contributed by atoms with Gasteiger partial charge in [-0.3, -0.25) is 9.69 Å². The van der Waals surface area contributed by atoms with Crippen molar-refractivity contribution in [3.63, 3.8) is 0 Å². The first-order valence-corrected chi connectivity index (χ1v) is 11.3. The lowest BCUT2D eigenvalue weighted by Crippen LogP contribution is -2.46. The predicted molar refractivity (Wildman–Crippen MR) is 126 cm³/mol. The Kier molecular flexibility index (Phi) is 6.47. The molecule has 0 saturated heterocycles. The van der Waals surface area contributed by atoms with Crippen LogP contribution in [0.15, 0.2) is 59.4 Å². The maximum absolute atomic E-state index is 14.4. The van der Waals surface area contributed by atoms with E-state index in [1.165, 1.54) is 11.1 Å². The molecular formula is C25H30FN5O2. The molecule has 1 aromatic carbocycles. The maximum atomic E-state index is 14.4. The highest BCUT2D eigenvalue weighted by Gasteiger charge is 2.54. The van der Waals surface area contributed by atoms with Crippen LogP contribution in [0.4, 0.5) is 4.39 Å². The van der Waals surface area contributed by atoms with E-state index >= 15 is 0 Å². The lowest BCUT2D eigenvalue weighted by Gasteiger charge is -2.32. The molecule has 0 aliphatic carbocycles. The van der Waals surface area contributed by atoms with Gasteiger partial charge < -0.3 is 15.4 Å². The highest BCUT2D eigenvalue weighted by molar-refractivity contribution is 6.07. The third-order valence-electron chi connectivity index (χ3n) is 6.34. The monoisotopic (exact) mass is 451 g/mol. The van der Waals surface area contributed by atoms with E-state index in [9.17, 15) is 9.18 Å². The van der Waals surface area contributed by atoms with Gasteiger partial charge in [0.1, 0.15) is 0 Å². The summed E-state index contributed by atoms with van der Waals surface area (Å²) in [5.41, 5.74) is 7.66. The molecule has 33 heavy (non-hydrogen) atoms. The summed E-state index contributed by atoms with van der Waals surface area (Å²) in [4.78, 5) is 25.9. The zero-order valence-corrected chi connectivity index (χ0v) is 19.3. The van der Waals surface area contributed by atoms with Crippen LogP contribution >= 0.6 is 0 Å². The minimum absolute atomic E-state index is 0.173. The lowest BCUT2D eigenvalue weighted by molar-refractivity contribution is -0.132. The standard InChI is InChI=1S/C25H30FN5O2/c1-4-12-31-15-19(14-20(31)16-33-5-2)25(23(32)30(3)24(27)29-25)18-9-6-8-17(13-18)21-10-7-11-28-22(21)26/h6-11,13-14,19H,4-5,12,15-16H2,1-3H3,(H2,27,29)/t19?,25-/m0/s1. The first kappa shape index (κ1) is 22.9. The number of likely N-dealkylation sites (N-methyl/N-ethyl adjacent to an activating group) is 1. The highest BCUT2D eigenvalue weighted by atomic mass is 19.1. The fourth-order valence-electron chi connectivity index (χ4n) is 4.68. The number of aromatic nitrogens is 1. The van der Waals surface area contributed by atoms with E-state index in [-0.39, 0.29) is 17.8 Å². The molecule has 0 fully saturated rings. The molecular weight excluding hydrogens is 421 g/mol. The molecule has 4 rings (SSSR count). The highest BCUT2D eigenvalue weighted by Crippen LogP contribution is 2.44. The number of carbonyl (C=O) groups is 1. The van der Waals surface area contributed by atoms with Crippen molar-refractivity contribution in [3.8, 4) is 11.1 Å². The second-order valence-corrected chi connectivity index (χ2v) is 8.37. The van der Waals surface area contributed by atoms with Crippen LogP contribution in [-0.2, 0) is 15.1 Å². The van der Waals surface area contributed by atoms with Gasteiger partial charge in [0.2, 0.25) is 5.95 Å². The molecule has 174 valence electrons. The van der Waals surface area contributed by atoms with Crippen LogP contribution < -0.4 is 5.73 Å². The third-order valence-corrected chi connectivity index (χ3v) is 6.34. The molecule has 2 aromatic rings. The Balaban J connectivity index is 1.83. The number of rotatable bonds is 8. The van der Waals surface area contributed by atoms with Crippen molar-refractivity contribution in [1.82, 2.24) is 14.8 Å². The van der Waals surface area contributed by atoms with Crippen molar-refractivity contribution in [2.24, 2.45) is 16.6 Å². The molecule has 1 unspecified atom stereocenters. The quantitative estimate of drug-likeness (QED) is 0.624. The number of pyridine rings is 1. The summed E-state index contributed by atoms with van der Waals surface area (Å²) in [5, 5.41) is 0. The number of hydrogen-bond donors (Lipinski definition) is 1. The van der Waals surface area contributed by atoms with Crippen LogP contribution in [0, 0.1) is 11.9 Å². The van der Waals surface area contributed by atoms with Crippen LogP contribution in [-0.4, -0.2) is 60.0 Å². The van der Waals surface area contributed by atoms with Gasteiger partial charge in [-0.1, -0.05) is 31.2 Å². The van der Waals surface area contributed by atoms with Crippen LogP contribution in [0.1, 0.15) is 25.8 Å². The molecule has 3 heterocycles. The average Bonchev–Trinajstić information content (AvgIpc) is 3.33. The van der Waals surface area contributed by atoms with E-state index in [1.807, 2.05) is 31.2 Å². The van der Waals surface area contributed by atoms with Crippen molar-refractivity contribution >= 4 is 11.9 Å². The van der Waals surface area contributed by atoms with Gasteiger partial charge in [0.05, 0.1) is 6.61 Å². The molecule has 2 N–H and O–H groups in total. The normalized spacial score (nSPS) is 22.7. The van der Waals surface area contributed by atoms with Crippen LogP contribution in [0.2, 0.25) is 0 Å². The second-order valence-electron chi connectivity index (χ2n) is 8.37. The second kappa shape index (κ2) is 9.31. The first-order valence-electron chi connectivity index (χ1n) is 11.3. The number of aliphatic imine (C=N–C) groups is 1. The van der Waals surface area contributed by atoms with Crippen molar-refractivity contribution in [1.29, 1.82) is 0 Å². The summed E-state index contributed by atoms with van der Waals surface area (Å²) in [6.07, 6.45) is 4.48. The topological polar surface area (TPSA) is 84.1 Å². The summed E-state index contributed by atoms with van der Waals surface area (Å²) in [7, 11) is 1.64. The Morgan fingerprint density at radius 1 is 1.27 bits per heavy atom. The Morgan fingerprint density at radius 2 is 2.09 bits per heavy atom. The van der Waals surface area contributed by atoms with Crippen molar-refractivity contribution in [3.05, 3.63) is 65.9 Å². The number of halogens is 1. The molecule has 0 spiro atoms. The fraction of sp³-hybridized carbons (Fsp3) is 0.400. The third kappa shape index (κ3) is 3.99. The number of nitrogens with zero attached hydrogens (tertiary/aromatic N) is 4. The van der Waals surface area contributed by atoms with Gasteiger partial charge in [-0.05, 0) is 42.7 Å². The largest absolute Gasteiger partial charge is 0.376 e. The first-order chi connectivity index (χ1) is 15.9. The summed E-state index contributed by atoms with van der Waals surface area (Å²) in [6.45, 7) is 6.65. The van der Waals surface area contributed by atoms with Gasteiger partial charge in [-0.2, -0.15) is 4.39 Å². The number of nitrogens with two attached hydrogens (primary N) is 1. The predicted octanol–water partition coefficient (Wildman–Crippen LogP) is 3.13. The summed E-state index contributed by atoms with van der Waals surface area (Å²) >= 11 is 0. The number of benzene rings is 1. The Morgan fingerprint density at radius 3 is 2.76 bits per heavy atom. The molecule has 2 aliphatic heterocycles. The lowest BCUT2D eigenvalue weighted by atomic mass is 9.77. The smallest absolute Gasteiger partial charge is 0.262 e. The summed E-state index contributed by atoms with van der Waals surface area (Å²) < 4.78 is 20.1. The summed E-state index contributed by atoms with van der Waals surface area (Å²) in [5.74, 6) is -0.828. The Labute approximate surface area is 193 Å². The van der Waals surface area contributed by atoms with E-state index < -0.39 is 11.5 Å². The van der Waals surface area contributed by atoms with Gasteiger partial charge in [-0.25, -0.2) is 9.98 Å². The van der Waals surface area contributed by atoms with Crippen molar-refractivity contribution < 1.29 is 13.9 Å². The zero-order valence-electron chi connectivity index (χ0n) is 19.3. The number of hydrogen-bond acceptors (Lipinski definition) is 6. The van der Waals surface area contributed by atoms with Gasteiger partial charge in [0, 0.05) is 50.1 Å². The molecule has 2 aliphatic rings. The van der Waals surface area contributed by atoms with Crippen LogP contribution in [0.3, 0.4) is 0 Å². The minimum Gasteiger partial charge on any atom is -0.376 e. The number of guanidine groups is 1. The minimum atomic E-state index is -1.23. The van der Waals surface area contributed by atoms with E-state index in [4.69, 9.17) is 15.5 Å². The van der Waals surface area contributed by atoms with E-state index in [2.05, 4.69) is 22.9 Å². The maximum Gasteiger partial charge on any atom is 0.262 e. The Hall–Kier alpha value is -3.26. The van der Waals surface area contributed by atoms with Gasteiger partial charge >= 0.3 is 0 Å². The number of carbonyl (C=O) groups excluding carboxylic acids is 1. The van der Waals surface area contributed by atoms with E-state index in [0.717, 1.165) is 18.7 Å². The molecule has 0 radical (unpaired) electrons. The molecule has 2 atom stereocenters. The van der Waals surface area contributed by atoms with Crippen LogP contribution in [0.5, 0.6) is 0 Å². The SMILES string of the molecule is CCCN1CC([C@]2(c3cccc(-c4cccnc4F)c3)N=C(N)N(C)C2=O)C=C1COCC. The molecule has 8 heteroatoms. The molecule has 0 saturated carbocycles. The fourth-order valence-corrected chi connectivity index (χ4v) is 4.68.